The summed E-state index contributed by atoms with van der Waals surface area (Å²) < 4.78 is 2.09. The molecule has 0 aliphatic carbocycles. The number of nitrogens with zero attached hydrogens (tertiary/aromatic N) is 2. The molecule has 0 radical (unpaired) electrons. The summed E-state index contributed by atoms with van der Waals surface area (Å²) in [7, 11) is 0. The van der Waals surface area contributed by atoms with Gasteiger partial charge in [0.1, 0.15) is 0 Å². The van der Waals surface area contributed by atoms with Gasteiger partial charge in [0.25, 0.3) is 0 Å². The molecule has 1 N–H and O–H groups in total. The molecular formula is C16H18N2O2. The van der Waals surface area contributed by atoms with Crippen LogP contribution >= 0.6 is 0 Å². The van der Waals surface area contributed by atoms with E-state index in [1.54, 1.807) is 12.3 Å². The Bertz CT molecular complexity index is 588. The van der Waals surface area contributed by atoms with Gasteiger partial charge in [-0.15, -0.1) is 0 Å². The lowest BCUT2D eigenvalue weighted by Gasteiger charge is -2.18. The normalized spacial score (nSPS) is 12.7. The van der Waals surface area contributed by atoms with Gasteiger partial charge in [0.05, 0.1) is 12.4 Å². The molecule has 0 spiro atoms. The summed E-state index contributed by atoms with van der Waals surface area (Å²) >= 11 is 0. The molecule has 2 aromatic rings. The van der Waals surface area contributed by atoms with Crippen LogP contribution in [0.4, 0.5) is 0 Å². The zero-order valence-electron chi connectivity index (χ0n) is 11.4. The molecule has 0 amide bonds. The highest BCUT2D eigenvalue weighted by molar-refractivity contribution is 5.85. The van der Waals surface area contributed by atoms with Crippen molar-refractivity contribution in [1.82, 2.24) is 9.55 Å². The van der Waals surface area contributed by atoms with Gasteiger partial charge in [0, 0.05) is 18.5 Å². The maximum Gasteiger partial charge on any atom is 0.328 e. The maximum atomic E-state index is 10.6. The minimum absolute atomic E-state index is 0.237. The molecule has 1 atom stereocenters. The van der Waals surface area contributed by atoms with Gasteiger partial charge in [-0.05, 0) is 29.7 Å². The fraction of sp³-hybridized carbons (Fsp3) is 0.250. The highest BCUT2D eigenvalue weighted by Gasteiger charge is 2.12. The fourth-order valence-corrected chi connectivity index (χ4v) is 2.25. The Morgan fingerprint density at radius 2 is 2.35 bits per heavy atom. The van der Waals surface area contributed by atoms with Gasteiger partial charge < -0.3 is 9.67 Å². The van der Waals surface area contributed by atoms with Crippen LogP contribution in [0.15, 0.2) is 49.1 Å². The molecule has 1 unspecified atom stereocenters. The van der Waals surface area contributed by atoms with E-state index in [1.165, 1.54) is 0 Å². The van der Waals surface area contributed by atoms with Crippen LogP contribution in [0.25, 0.3) is 6.08 Å². The van der Waals surface area contributed by atoms with E-state index in [0.717, 1.165) is 30.0 Å². The molecule has 2 rings (SSSR count). The lowest BCUT2D eigenvalue weighted by molar-refractivity contribution is -0.131. The minimum atomic E-state index is -0.935. The quantitative estimate of drug-likeness (QED) is 0.819. The van der Waals surface area contributed by atoms with Crippen molar-refractivity contribution in [2.45, 2.75) is 25.8 Å². The van der Waals surface area contributed by atoms with Gasteiger partial charge in [-0.1, -0.05) is 31.5 Å². The van der Waals surface area contributed by atoms with Crippen LogP contribution in [0.2, 0.25) is 0 Å². The zero-order chi connectivity index (χ0) is 14.4. The fourth-order valence-electron chi connectivity index (χ4n) is 2.25. The Labute approximate surface area is 118 Å². The van der Waals surface area contributed by atoms with E-state index >= 15 is 0 Å². The minimum Gasteiger partial charge on any atom is -0.478 e. The second kappa shape index (κ2) is 6.70. The van der Waals surface area contributed by atoms with Crippen molar-refractivity contribution in [2.24, 2.45) is 0 Å². The van der Waals surface area contributed by atoms with Gasteiger partial charge in [-0.3, -0.25) is 0 Å². The van der Waals surface area contributed by atoms with Gasteiger partial charge >= 0.3 is 5.97 Å². The molecule has 0 bridgehead atoms. The molecule has 4 nitrogen and oxygen atoms in total. The molecule has 20 heavy (non-hydrogen) atoms. The topological polar surface area (TPSA) is 55.1 Å². The van der Waals surface area contributed by atoms with E-state index in [-0.39, 0.29) is 6.04 Å². The molecule has 104 valence electrons. The molecule has 0 aliphatic rings. The first-order chi connectivity index (χ1) is 9.70. The second-order valence-electron chi connectivity index (χ2n) is 4.66. The summed E-state index contributed by atoms with van der Waals surface area (Å²) in [5.41, 5.74) is 2.06. The van der Waals surface area contributed by atoms with Crippen molar-refractivity contribution in [3.63, 3.8) is 0 Å². The molecule has 0 fully saturated rings. The molecule has 0 saturated carbocycles. The van der Waals surface area contributed by atoms with Crippen molar-refractivity contribution in [2.75, 3.05) is 0 Å². The summed E-state index contributed by atoms with van der Waals surface area (Å²) in [6.07, 6.45) is 10.4. The number of carbonyl (C=O) groups is 1. The van der Waals surface area contributed by atoms with E-state index in [9.17, 15) is 4.79 Å². The van der Waals surface area contributed by atoms with E-state index in [4.69, 9.17) is 5.11 Å². The largest absolute Gasteiger partial charge is 0.478 e. The van der Waals surface area contributed by atoms with Gasteiger partial charge in [0.15, 0.2) is 0 Å². The van der Waals surface area contributed by atoms with Crippen LogP contribution in [0.3, 0.4) is 0 Å². The third-order valence-corrected chi connectivity index (χ3v) is 3.16. The first kappa shape index (κ1) is 14.1. The average Bonchev–Trinajstić information content (AvgIpc) is 2.96. The Morgan fingerprint density at radius 1 is 1.50 bits per heavy atom. The Hall–Kier alpha value is -2.36. The predicted octanol–water partition coefficient (Wildman–Crippen LogP) is 3.37. The summed E-state index contributed by atoms with van der Waals surface area (Å²) in [4.78, 5) is 14.7. The van der Waals surface area contributed by atoms with Gasteiger partial charge in [-0.25, -0.2) is 9.78 Å². The zero-order valence-corrected chi connectivity index (χ0v) is 11.4. The Morgan fingerprint density at radius 3 is 3.00 bits per heavy atom. The van der Waals surface area contributed by atoms with Crippen LogP contribution in [-0.4, -0.2) is 20.6 Å². The summed E-state index contributed by atoms with van der Waals surface area (Å²) in [6, 6.07) is 8.19. The summed E-state index contributed by atoms with van der Waals surface area (Å²) in [5, 5.41) is 8.69. The number of hydrogen-bond acceptors (Lipinski definition) is 2. The SMILES string of the molecule is CCCC(c1cccc(C=CC(=O)O)c1)n1ccnc1. The average molecular weight is 270 g/mol. The van der Waals surface area contributed by atoms with Gasteiger partial charge in [-0.2, -0.15) is 0 Å². The van der Waals surface area contributed by atoms with Gasteiger partial charge in [0.2, 0.25) is 0 Å². The van der Waals surface area contributed by atoms with Crippen LogP contribution < -0.4 is 0 Å². The number of imidazole rings is 1. The Balaban J connectivity index is 2.29. The van der Waals surface area contributed by atoms with Crippen molar-refractivity contribution in [3.05, 3.63) is 60.2 Å². The smallest absolute Gasteiger partial charge is 0.328 e. The number of aliphatic carboxylic acids is 1. The van der Waals surface area contributed by atoms with Crippen LogP contribution in [0, 0.1) is 0 Å². The monoisotopic (exact) mass is 270 g/mol. The predicted molar refractivity (Wildman–Crippen MR) is 78.4 cm³/mol. The highest BCUT2D eigenvalue weighted by atomic mass is 16.4. The van der Waals surface area contributed by atoms with E-state index in [2.05, 4.69) is 22.5 Å². The number of carboxylic acids is 1. The summed E-state index contributed by atoms with van der Waals surface area (Å²) in [6.45, 7) is 2.15. The lowest BCUT2D eigenvalue weighted by Crippen LogP contribution is -2.08. The number of hydrogen-bond donors (Lipinski definition) is 1. The first-order valence-electron chi connectivity index (χ1n) is 6.69. The first-order valence-corrected chi connectivity index (χ1v) is 6.69. The van der Waals surface area contributed by atoms with Crippen molar-refractivity contribution >= 4 is 12.0 Å². The number of benzene rings is 1. The molecule has 1 aromatic heterocycles. The van der Waals surface area contributed by atoms with Crippen LogP contribution in [0.5, 0.6) is 0 Å². The number of rotatable bonds is 6. The molecule has 0 saturated heterocycles. The number of carboxylic acid groups (broad SMARTS) is 1. The summed E-state index contributed by atoms with van der Waals surface area (Å²) in [5.74, 6) is -0.935. The molecule has 0 aliphatic heterocycles. The van der Waals surface area contributed by atoms with E-state index in [0.29, 0.717) is 0 Å². The van der Waals surface area contributed by atoms with E-state index in [1.807, 2.05) is 30.7 Å². The third-order valence-electron chi connectivity index (χ3n) is 3.16. The maximum absolute atomic E-state index is 10.6. The van der Waals surface area contributed by atoms with Crippen molar-refractivity contribution in [1.29, 1.82) is 0 Å². The lowest BCUT2D eigenvalue weighted by atomic mass is 10.00. The molecule has 4 heteroatoms. The van der Waals surface area contributed by atoms with Crippen molar-refractivity contribution in [3.8, 4) is 0 Å². The van der Waals surface area contributed by atoms with Crippen LogP contribution in [0.1, 0.15) is 36.9 Å². The Kier molecular flexibility index (Phi) is 4.71. The molecular weight excluding hydrogens is 252 g/mol. The van der Waals surface area contributed by atoms with E-state index < -0.39 is 5.97 Å². The highest BCUT2D eigenvalue weighted by Crippen LogP contribution is 2.24. The standard InChI is InChI=1S/C16H18N2O2/c1-2-4-15(18-10-9-17-12-18)14-6-3-5-13(11-14)7-8-16(19)20/h3,5-12,15H,2,4H2,1H3,(H,19,20). The third kappa shape index (κ3) is 3.57. The number of aromatic nitrogens is 2. The second-order valence-corrected chi connectivity index (χ2v) is 4.66. The molecule has 1 aromatic carbocycles. The van der Waals surface area contributed by atoms with Crippen LogP contribution in [-0.2, 0) is 4.79 Å². The molecule has 1 heterocycles. The van der Waals surface area contributed by atoms with Crippen molar-refractivity contribution < 1.29 is 9.90 Å².